The SMILES string of the molecule is Cc1ccc(Nc2cc(Nc3ccc(NS(=O)(=O)c4cn(C)cn4)cc3)nc(C)n2)cc1. The van der Waals surface area contributed by atoms with Crippen molar-refractivity contribution in [1.82, 2.24) is 19.5 Å². The van der Waals surface area contributed by atoms with Crippen molar-refractivity contribution in [2.75, 3.05) is 15.4 Å². The summed E-state index contributed by atoms with van der Waals surface area (Å²) < 4.78 is 28.9. The van der Waals surface area contributed by atoms with Gasteiger partial charge in [-0.2, -0.15) is 8.42 Å². The Morgan fingerprint density at radius 3 is 1.88 bits per heavy atom. The van der Waals surface area contributed by atoms with Crippen molar-refractivity contribution in [1.29, 1.82) is 0 Å². The van der Waals surface area contributed by atoms with Crippen LogP contribution in [0.3, 0.4) is 0 Å². The molecule has 0 amide bonds. The van der Waals surface area contributed by atoms with Gasteiger partial charge in [-0.05, 0) is 50.2 Å². The molecule has 2 heterocycles. The van der Waals surface area contributed by atoms with E-state index in [4.69, 9.17) is 0 Å². The highest BCUT2D eigenvalue weighted by Crippen LogP contribution is 2.23. The Balaban J connectivity index is 1.46. The zero-order valence-electron chi connectivity index (χ0n) is 17.9. The molecule has 0 saturated carbocycles. The highest BCUT2D eigenvalue weighted by Gasteiger charge is 2.17. The lowest BCUT2D eigenvalue weighted by Crippen LogP contribution is -2.13. The van der Waals surface area contributed by atoms with E-state index in [1.165, 1.54) is 18.1 Å². The van der Waals surface area contributed by atoms with E-state index in [0.29, 0.717) is 23.1 Å². The minimum atomic E-state index is -3.74. The Labute approximate surface area is 186 Å². The number of hydrogen-bond acceptors (Lipinski definition) is 7. The summed E-state index contributed by atoms with van der Waals surface area (Å²) in [5.74, 6) is 1.90. The summed E-state index contributed by atoms with van der Waals surface area (Å²) in [6.45, 7) is 3.86. The van der Waals surface area contributed by atoms with Gasteiger partial charge in [0.05, 0.1) is 6.33 Å². The summed E-state index contributed by atoms with van der Waals surface area (Å²) in [6, 6.07) is 16.7. The van der Waals surface area contributed by atoms with Gasteiger partial charge in [0.1, 0.15) is 17.5 Å². The van der Waals surface area contributed by atoms with E-state index in [1.807, 2.05) is 44.2 Å². The molecule has 2 aromatic carbocycles. The Bertz CT molecular complexity index is 1330. The molecular weight excluding hydrogens is 426 g/mol. The van der Waals surface area contributed by atoms with E-state index >= 15 is 0 Å². The van der Waals surface area contributed by atoms with Gasteiger partial charge in [-0.15, -0.1) is 0 Å². The summed E-state index contributed by atoms with van der Waals surface area (Å²) in [4.78, 5) is 12.7. The van der Waals surface area contributed by atoms with Crippen LogP contribution in [-0.4, -0.2) is 27.9 Å². The topological polar surface area (TPSA) is 114 Å². The fourth-order valence-electron chi connectivity index (χ4n) is 2.99. The standard InChI is InChI=1S/C22H23N7O2S/c1-15-4-6-17(7-5-15)26-20-12-21(25-16(2)24-20)27-18-8-10-19(11-9-18)28-32(30,31)22-13-29(3)14-23-22/h4-14,28H,1-3H3,(H2,24,25,26,27). The molecule has 0 unspecified atom stereocenters. The number of benzene rings is 2. The molecule has 3 N–H and O–H groups in total. The quantitative estimate of drug-likeness (QED) is 0.389. The maximum atomic E-state index is 12.4. The van der Waals surface area contributed by atoms with Crippen molar-refractivity contribution in [2.24, 2.45) is 7.05 Å². The average Bonchev–Trinajstić information content (AvgIpc) is 3.18. The lowest BCUT2D eigenvalue weighted by molar-refractivity contribution is 0.598. The second-order valence-electron chi connectivity index (χ2n) is 7.36. The molecule has 0 spiro atoms. The normalized spacial score (nSPS) is 11.2. The zero-order valence-corrected chi connectivity index (χ0v) is 18.7. The van der Waals surface area contributed by atoms with Gasteiger partial charge in [-0.3, -0.25) is 4.72 Å². The maximum absolute atomic E-state index is 12.4. The first-order valence-electron chi connectivity index (χ1n) is 9.84. The summed E-state index contributed by atoms with van der Waals surface area (Å²) >= 11 is 0. The molecule has 0 bridgehead atoms. The predicted octanol–water partition coefficient (Wildman–Crippen LogP) is 4.11. The minimum absolute atomic E-state index is 0.0349. The number of nitrogens with one attached hydrogen (secondary N) is 3. The van der Waals surface area contributed by atoms with E-state index in [0.717, 1.165) is 11.4 Å². The van der Waals surface area contributed by atoms with Crippen molar-refractivity contribution in [3.05, 3.63) is 78.5 Å². The Kier molecular flexibility index (Phi) is 5.78. The van der Waals surface area contributed by atoms with E-state index in [-0.39, 0.29) is 5.03 Å². The summed E-state index contributed by atoms with van der Waals surface area (Å²) in [6.07, 6.45) is 2.88. The molecule has 10 heteroatoms. The molecule has 0 radical (unpaired) electrons. The molecule has 2 aromatic heterocycles. The van der Waals surface area contributed by atoms with Crippen LogP contribution < -0.4 is 15.4 Å². The lowest BCUT2D eigenvalue weighted by atomic mass is 10.2. The van der Waals surface area contributed by atoms with Gasteiger partial charge in [-0.25, -0.2) is 15.0 Å². The molecule has 4 rings (SSSR count). The largest absolute Gasteiger partial charge is 0.340 e. The van der Waals surface area contributed by atoms with Crippen molar-refractivity contribution in [3.8, 4) is 0 Å². The van der Waals surface area contributed by atoms with Gasteiger partial charge in [0.2, 0.25) is 0 Å². The molecule has 4 aromatic rings. The third-order valence-electron chi connectivity index (χ3n) is 4.53. The van der Waals surface area contributed by atoms with Crippen LogP contribution in [0, 0.1) is 13.8 Å². The highest BCUT2D eigenvalue weighted by atomic mass is 32.2. The molecule has 0 aliphatic carbocycles. The average molecular weight is 450 g/mol. The molecule has 9 nitrogen and oxygen atoms in total. The molecule has 0 aliphatic rings. The van der Waals surface area contributed by atoms with E-state index in [9.17, 15) is 8.42 Å². The first-order valence-corrected chi connectivity index (χ1v) is 11.3. The van der Waals surface area contributed by atoms with Crippen LogP contribution >= 0.6 is 0 Å². The smallest absolute Gasteiger partial charge is 0.280 e. The summed E-state index contributed by atoms with van der Waals surface area (Å²) in [5.41, 5.74) is 3.30. The summed E-state index contributed by atoms with van der Waals surface area (Å²) in [5, 5.41) is 6.46. The number of aryl methyl sites for hydroxylation is 3. The second kappa shape index (κ2) is 8.67. The van der Waals surface area contributed by atoms with Crippen LogP contribution in [0.1, 0.15) is 11.4 Å². The van der Waals surface area contributed by atoms with Crippen molar-refractivity contribution < 1.29 is 8.42 Å². The number of aromatic nitrogens is 4. The molecule has 0 aliphatic heterocycles. The van der Waals surface area contributed by atoms with E-state index < -0.39 is 10.0 Å². The van der Waals surface area contributed by atoms with Gasteiger partial charge in [0.25, 0.3) is 10.0 Å². The lowest BCUT2D eigenvalue weighted by Gasteiger charge is -2.11. The fraction of sp³-hybridized carbons (Fsp3) is 0.136. The Morgan fingerprint density at radius 1 is 0.812 bits per heavy atom. The number of hydrogen-bond donors (Lipinski definition) is 3. The van der Waals surface area contributed by atoms with Crippen molar-refractivity contribution >= 4 is 38.7 Å². The monoisotopic (exact) mass is 449 g/mol. The number of anilines is 5. The third-order valence-corrected chi connectivity index (χ3v) is 5.79. The molecule has 0 atom stereocenters. The molecule has 0 saturated heterocycles. The molecule has 32 heavy (non-hydrogen) atoms. The third kappa shape index (κ3) is 5.22. The fourth-order valence-corrected chi connectivity index (χ4v) is 4.03. The number of rotatable bonds is 7. The summed E-state index contributed by atoms with van der Waals surface area (Å²) in [7, 11) is -2.03. The molecular formula is C22H23N7O2S. The number of sulfonamides is 1. The Hall–Kier alpha value is -3.92. The van der Waals surface area contributed by atoms with E-state index in [2.05, 4.69) is 30.3 Å². The zero-order chi connectivity index (χ0) is 22.7. The number of imidazole rings is 1. The van der Waals surface area contributed by atoms with Gasteiger partial charge >= 0.3 is 0 Å². The molecule has 164 valence electrons. The van der Waals surface area contributed by atoms with Crippen molar-refractivity contribution in [3.63, 3.8) is 0 Å². The van der Waals surface area contributed by atoms with Crippen molar-refractivity contribution in [2.45, 2.75) is 18.9 Å². The van der Waals surface area contributed by atoms with Crippen LogP contribution in [0.5, 0.6) is 0 Å². The van der Waals surface area contributed by atoms with Gasteiger partial charge in [0.15, 0.2) is 5.03 Å². The van der Waals surface area contributed by atoms with Gasteiger partial charge < -0.3 is 15.2 Å². The first-order chi connectivity index (χ1) is 15.3. The second-order valence-corrected chi connectivity index (χ2v) is 8.99. The van der Waals surface area contributed by atoms with Gasteiger partial charge in [-0.1, -0.05) is 17.7 Å². The Morgan fingerprint density at radius 2 is 1.34 bits per heavy atom. The predicted molar refractivity (Wildman–Crippen MR) is 125 cm³/mol. The minimum Gasteiger partial charge on any atom is -0.340 e. The van der Waals surface area contributed by atoms with Crippen LogP contribution in [-0.2, 0) is 17.1 Å². The number of nitrogens with zero attached hydrogens (tertiary/aromatic N) is 4. The van der Waals surface area contributed by atoms with Crippen LogP contribution in [0.15, 0.2) is 72.1 Å². The van der Waals surface area contributed by atoms with Crippen LogP contribution in [0.25, 0.3) is 0 Å². The first kappa shape index (κ1) is 21.3. The van der Waals surface area contributed by atoms with E-state index in [1.54, 1.807) is 35.9 Å². The molecule has 0 fully saturated rings. The maximum Gasteiger partial charge on any atom is 0.280 e. The van der Waals surface area contributed by atoms with Crippen LogP contribution in [0.4, 0.5) is 28.7 Å². The van der Waals surface area contributed by atoms with Crippen LogP contribution in [0.2, 0.25) is 0 Å². The van der Waals surface area contributed by atoms with Gasteiger partial charge in [0, 0.05) is 36.4 Å². The highest BCUT2D eigenvalue weighted by molar-refractivity contribution is 7.92.